The number of nitrogens with zero attached hydrogens (tertiary/aromatic N) is 5. The zero-order valence-electron chi connectivity index (χ0n) is 15.2. The number of hydrogen-bond acceptors (Lipinski definition) is 4. The van der Waals surface area contributed by atoms with Gasteiger partial charge in [-0.2, -0.15) is 10.2 Å². The molecule has 3 rings (SSSR count). The summed E-state index contributed by atoms with van der Waals surface area (Å²) in [5, 5.41) is 11.6. The van der Waals surface area contributed by atoms with Gasteiger partial charge in [-0.05, 0) is 45.9 Å². The van der Waals surface area contributed by atoms with E-state index in [1.807, 2.05) is 52.9 Å². The molecule has 7 heteroatoms. The van der Waals surface area contributed by atoms with Crippen LogP contribution in [0.25, 0.3) is 5.82 Å². The maximum Gasteiger partial charge on any atom is 0.228 e. The van der Waals surface area contributed by atoms with Gasteiger partial charge in [0.15, 0.2) is 5.82 Å². The van der Waals surface area contributed by atoms with Crippen LogP contribution in [0.1, 0.15) is 28.3 Å². The van der Waals surface area contributed by atoms with Gasteiger partial charge >= 0.3 is 0 Å². The molecule has 0 spiro atoms. The first-order chi connectivity index (χ1) is 11.8. The van der Waals surface area contributed by atoms with E-state index < -0.39 is 0 Å². The molecule has 0 bridgehead atoms. The predicted octanol–water partition coefficient (Wildman–Crippen LogP) is 2.42. The first-order valence-electron chi connectivity index (χ1n) is 8.13. The van der Waals surface area contributed by atoms with E-state index in [1.54, 1.807) is 15.6 Å². The third-order valence-electron chi connectivity index (χ3n) is 4.25. The second-order valence-corrected chi connectivity index (χ2v) is 6.24. The molecule has 3 aromatic rings. The second kappa shape index (κ2) is 6.51. The van der Waals surface area contributed by atoms with Gasteiger partial charge in [-0.3, -0.25) is 9.48 Å². The molecule has 3 aromatic heterocycles. The molecule has 0 unspecified atom stereocenters. The number of hydrogen-bond donors (Lipinski definition) is 1. The molecule has 3 heterocycles. The number of carbonyl (C=O) groups excluding carboxylic acids is 1. The minimum Gasteiger partial charge on any atom is -0.324 e. The number of aryl methyl sites for hydroxylation is 4. The molecule has 7 nitrogen and oxygen atoms in total. The van der Waals surface area contributed by atoms with Crippen LogP contribution in [0.15, 0.2) is 24.4 Å². The van der Waals surface area contributed by atoms with Crippen LogP contribution in [0, 0.1) is 27.7 Å². The monoisotopic (exact) mass is 338 g/mol. The molecule has 25 heavy (non-hydrogen) atoms. The van der Waals surface area contributed by atoms with Crippen molar-refractivity contribution in [3.05, 3.63) is 52.7 Å². The SMILES string of the molecule is Cc1cc(C)n(-c2ccc(NC(=O)Cc3c(C)nn(C)c3C)cn2)n1. The topological polar surface area (TPSA) is 77.6 Å². The lowest BCUT2D eigenvalue weighted by molar-refractivity contribution is -0.115. The van der Waals surface area contributed by atoms with Crippen molar-refractivity contribution in [3.63, 3.8) is 0 Å². The van der Waals surface area contributed by atoms with Crippen molar-refractivity contribution in [1.82, 2.24) is 24.5 Å². The fraction of sp³-hybridized carbons (Fsp3) is 0.333. The van der Waals surface area contributed by atoms with Crippen molar-refractivity contribution >= 4 is 11.6 Å². The lowest BCUT2D eigenvalue weighted by atomic mass is 10.1. The number of aromatic nitrogens is 5. The number of anilines is 1. The molecular weight excluding hydrogens is 316 g/mol. The van der Waals surface area contributed by atoms with Crippen molar-refractivity contribution in [3.8, 4) is 5.82 Å². The van der Waals surface area contributed by atoms with E-state index in [2.05, 4.69) is 20.5 Å². The van der Waals surface area contributed by atoms with Crippen LogP contribution in [0.2, 0.25) is 0 Å². The van der Waals surface area contributed by atoms with Gasteiger partial charge in [0.1, 0.15) is 0 Å². The van der Waals surface area contributed by atoms with Crippen molar-refractivity contribution in [2.45, 2.75) is 34.1 Å². The average Bonchev–Trinajstić information content (AvgIpc) is 3.01. The highest BCUT2D eigenvalue weighted by Gasteiger charge is 2.14. The van der Waals surface area contributed by atoms with Crippen molar-refractivity contribution in [1.29, 1.82) is 0 Å². The Kier molecular flexibility index (Phi) is 4.39. The van der Waals surface area contributed by atoms with Gasteiger partial charge in [0.2, 0.25) is 5.91 Å². The minimum absolute atomic E-state index is 0.0835. The summed E-state index contributed by atoms with van der Waals surface area (Å²) < 4.78 is 3.58. The van der Waals surface area contributed by atoms with Crippen LogP contribution >= 0.6 is 0 Å². The number of carbonyl (C=O) groups is 1. The van der Waals surface area contributed by atoms with E-state index in [0.29, 0.717) is 12.1 Å². The first kappa shape index (κ1) is 16.9. The number of pyridine rings is 1. The fourth-order valence-electron chi connectivity index (χ4n) is 2.89. The third kappa shape index (κ3) is 3.45. The summed E-state index contributed by atoms with van der Waals surface area (Å²) in [5.74, 6) is 0.641. The number of nitrogens with one attached hydrogen (secondary N) is 1. The molecule has 1 N–H and O–H groups in total. The number of amides is 1. The van der Waals surface area contributed by atoms with E-state index in [9.17, 15) is 4.79 Å². The summed E-state index contributed by atoms with van der Waals surface area (Å²) in [6.45, 7) is 7.81. The molecule has 0 radical (unpaired) electrons. The highest BCUT2D eigenvalue weighted by Crippen LogP contribution is 2.15. The molecule has 1 amide bonds. The van der Waals surface area contributed by atoms with Crippen LogP contribution in [0.4, 0.5) is 5.69 Å². The molecule has 0 aromatic carbocycles. The highest BCUT2D eigenvalue weighted by molar-refractivity contribution is 5.92. The van der Waals surface area contributed by atoms with E-state index in [0.717, 1.165) is 34.2 Å². The first-order valence-corrected chi connectivity index (χ1v) is 8.13. The largest absolute Gasteiger partial charge is 0.324 e. The molecule has 0 aliphatic rings. The molecule has 0 fully saturated rings. The van der Waals surface area contributed by atoms with Crippen LogP contribution in [-0.2, 0) is 18.3 Å². The molecule has 0 aliphatic carbocycles. The summed E-state index contributed by atoms with van der Waals surface area (Å²) in [5.41, 5.74) is 5.48. The van der Waals surface area contributed by atoms with E-state index in [-0.39, 0.29) is 5.91 Å². The van der Waals surface area contributed by atoms with Crippen molar-refractivity contribution < 1.29 is 4.79 Å². The van der Waals surface area contributed by atoms with Gasteiger partial charge in [0, 0.05) is 24.0 Å². The Balaban J connectivity index is 1.71. The second-order valence-electron chi connectivity index (χ2n) is 6.24. The molecule has 130 valence electrons. The van der Waals surface area contributed by atoms with E-state index in [1.165, 1.54) is 0 Å². The summed E-state index contributed by atoms with van der Waals surface area (Å²) >= 11 is 0. The van der Waals surface area contributed by atoms with Crippen molar-refractivity contribution in [2.24, 2.45) is 7.05 Å². The van der Waals surface area contributed by atoms with Crippen LogP contribution in [0.3, 0.4) is 0 Å². The van der Waals surface area contributed by atoms with Gasteiger partial charge in [0.25, 0.3) is 0 Å². The Hall–Kier alpha value is -2.96. The summed E-state index contributed by atoms with van der Waals surface area (Å²) in [6.07, 6.45) is 1.94. The Morgan fingerprint density at radius 3 is 2.44 bits per heavy atom. The van der Waals surface area contributed by atoms with E-state index >= 15 is 0 Å². The normalized spacial score (nSPS) is 10.9. The van der Waals surface area contributed by atoms with Gasteiger partial charge in [-0.25, -0.2) is 9.67 Å². The predicted molar refractivity (Wildman–Crippen MR) is 95.8 cm³/mol. The van der Waals surface area contributed by atoms with E-state index in [4.69, 9.17) is 0 Å². The maximum absolute atomic E-state index is 12.3. The molecule has 0 saturated carbocycles. The molecule has 0 atom stereocenters. The molecular formula is C18H22N6O. The Morgan fingerprint density at radius 2 is 1.92 bits per heavy atom. The van der Waals surface area contributed by atoms with Gasteiger partial charge in [0.05, 0.1) is 29.7 Å². The zero-order valence-corrected chi connectivity index (χ0v) is 15.2. The zero-order chi connectivity index (χ0) is 18.1. The fourth-order valence-corrected chi connectivity index (χ4v) is 2.89. The van der Waals surface area contributed by atoms with Crippen LogP contribution in [0.5, 0.6) is 0 Å². The molecule has 0 aliphatic heterocycles. The third-order valence-corrected chi connectivity index (χ3v) is 4.25. The quantitative estimate of drug-likeness (QED) is 0.792. The summed E-state index contributed by atoms with van der Waals surface area (Å²) in [7, 11) is 1.88. The van der Waals surface area contributed by atoms with Gasteiger partial charge in [-0.15, -0.1) is 0 Å². The molecule has 0 saturated heterocycles. The lowest BCUT2D eigenvalue weighted by Crippen LogP contribution is -2.15. The minimum atomic E-state index is -0.0835. The number of rotatable bonds is 4. The Bertz CT molecular complexity index is 920. The average molecular weight is 338 g/mol. The van der Waals surface area contributed by atoms with Crippen molar-refractivity contribution in [2.75, 3.05) is 5.32 Å². The van der Waals surface area contributed by atoms with Crippen LogP contribution < -0.4 is 5.32 Å². The standard InChI is InChI=1S/C18H22N6O/c1-11-8-12(2)24(21-11)17-7-6-15(10-19-17)20-18(25)9-16-13(3)22-23(5)14(16)4/h6-8,10H,9H2,1-5H3,(H,20,25). The Morgan fingerprint density at radius 1 is 1.16 bits per heavy atom. The smallest absolute Gasteiger partial charge is 0.228 e. The van der Waals surface area contributed by atoms with Crippen LogP contribution in [-0.4, -0.2) is 30.5 Å². The van der Waals surface area contributed by atoms with Gasteiger partial charge < -0.3 is 5.32 Å². The Labute approximate surface area is 146 Å². The highest BCUT2D eigenvalue weighted by atomic mass is 16.1. The van der Waals surface area contributed by atoms with Gasteiger partial charge in [-0.1, -0.05) is 0 Å². The summed E-state index contributed by atoms with van der Waals surface area (Å²) in [4.78, 5) is 16.7. The lowest BCUT2D eigenvalue weighted by Gasteiger charge is -2.07. The maximum atomic E-state index is 12.3. The summed E-state index contributed by atoms with van der Waals surface area (Å²) in [6, 6.07) is 5.67.